The van der Waals surface area contributed by atoms with Gasteiger partial charge in [0.15, 0.2) is 0 Å². The van der Waals surface area contributed by atoms with Gasteiger partial charge in [0.25, 0.3) is 5.69 Å². The number of benzene rings is 3. The minimum Gasteiger partial charge on any atom is -0.497 e. The number of hydrogen-bond acceptors (Lipinski definition) is 9. The van der Waals surface area contributed by atoms with E-state index in [0.29, 0.717) is 47.8 Å². The van der Waals surface area contributed by atoms with Crippen LogP contribution in [0, 0.1) is 20.2 Å². The Bertz CT molecular complexity index is 1560. The van der Waals surface area contributed by atoms with Crippen molar-refractivity contribution in [3.05, 3.63) is 74.3 Å². The molecule has 12 heteroatoms. The van der Waals surface area contributed by atoms with Crippen LogP contribution in [0.4, 0.5) is 22.7 Å². The molecular weight excluding hydrogens is 504 g/mol. The Morgan fingerprint density at radius 1 is 0.974 bits per heavy atom. The van der Waals surface area contributed by atoms with E-state index in [1.165, 1.54) is 0 Å². The first-order valence-electron chi connectivity index (χ1n) is 12.6. The summed E-state index contributed by atoms with van der Waals surface area (Å²) in [6.45, 7) is 7.06. The van der Waals surface area contributed by atoms with Gasteiger partial charge >= 0.3 is 5.69 Å². The Hall–Kier alpha value is -4.71. The molecule has 5 rings (SSSR count). The number of hydrogen-bond donors (Lipinski definition) is 1. The minimum absolute atomic E-state index is 0.198. The summed E-state index contributed by atoms with van der Waals surface area (Å²) in [6.07, 6.45) is 0. The highest BCUT2D eigenvalue weighted by Crippen LogP contribution is 2.50. The summed E-state index contributed by atoms with van der Waals surface area (Å²) >= 11 is 0. The van der Waals surface area contributed by atoms with Crippen molar-refractivity contribution in [1.82, 2.24) is 14.7 Å². The van der Waals surface area contributed by atoms with Gasteiger partial charge in [-0.2, -0.15) is 5.10 Å². The molecule has 0 fully saturated rings. The number of nitro groups is 2. The molecule has 2 heterocycles. The van der Waals surface area contributed by atoms with Gasteiger partial charge in [-0.25, -0.2) is 0 Å². The fourth-order valence-electron chi connectivity index (χ4n) is 4.83. The number of fused-ring (bicyclic) bond motifs is 2. The first-order valence-corrected chi connectivity index (χ1v) is 12.6. The molecule has 202 valence electrons. The molecule has 0 unspecified atom stereocenters. The van der Waals surface area contributed by atoms with Gasteiger partial charge in [0.2, 0.25) is 0 Å². The second-order valence-corrected chi connectivity index (χ2v) is 9.10. The Morgan fingerprint density at radius 2 is 1.67 bits per heavy atom. The Kier molecular flexibility index (Phi) is 7.03. The summed E-state index contributed by atoms with van der Waals surface area (Å²) in [7, 11) is 1.61. The van der Waals surface area contributed by atoms with Gasteiger partial charge in [-0.15, -0.1) is 0 Å². The summed E-state index contributed by atoms with van der Waals surface area (Å²) < 4.78 is 12.8. The van der Waals surface area contributed by atoms with Crippen molar-refractivity contribution in [2.24, 2.45) is 0 Å². The van der Waals surface area contributed by atoms with Crippen molar-refractivity contribution in [3.63, 3.8) is 0 Å². The van der Waals surface area contributed by atoms with Crippen LogP contribution in [0.1, 0.15) is 19.4 Å². The number of nitrogens with zero attached hydrogens (tertiary/aromatic N) is 5. The van der Waals surface area contributed by atoms with Crippen molar-refractivity contribution < 1.29 is 19.3 Å². The fraction of sp³-hybridized carbons (Fsp3) is 0.296. The molecule has 0 aliphatic carbocycles. The molecule has 0 atom stereocenters. The van der Waals surface area contributed by atoms with Gasteiger partial charge in [-0.05, 0) is 49.0 Å². The van der Waals surface area contributed by atoms with E-state index in [-0.39, 0.29) is 22.6 Å². The van der Waals surface area contributed by atoms with E-state index < -0.39 is 9.85 Å². The number of methoxy groups -OCH3 is 1. The van der Waals surface area contributed by atoms with Crippen molar-refractivity contribution in [3.8, 4) is 22.8 Å². The molecule has 0 spiro atoms. The van der Waals surface area contributed by atoms with E-state index in [9.17, 15) is 20.2 Å². The number of ether oxygens (including phenoxy) is 2. The molecule has 4 aromatic rings. The molecule has 3 aromatic carbocycles. The van der Waals surface area contributed by atoms with Gasteiger partial charge in [0, 0.05) is 17.8 Å². The normalized spacial score (nSPS) is 11.8. The number of rotatable bonds is 11. The van der Waals surface area contributed by atoms with Crippen LogP contribution in [-0.4, -0.2) is 51.3 Å². The van der Waals surface area contributed by atoms with Crippen LogP contribution in [0.5, 0.6) is 11.5 Å². The number of aromatic nitrogens is 2. The van der Waals surface area contributed by atoms with E-state index in [1.54, 1.807) is 30.0 Å². The maximum atomic E-state index is 12.1. The Labute approximate surface area is 224 Å². The van der Waals surface area contributed by atoms with E-state index >= 15 is 0 Å². The summed E-state index contributed by atoms with van der Waals surface area (Å²) in [5, 5.41) is 32.3. The lowest BCUT2D eigenvalue weighted by Gasteiger charge is -2.19. The zero-order valence-corrected chi connectivity index (χ0v) is 21.8. The predicted octanol–water partition coefficient (Wildman–Crippen LogP) is 5.51. The highest BCUT2D eigenvalue weighted by atomic mass is 16.6. The summed E-state index contributed by atoms with van der Waals surface area (Å²) in [5.74, 6) is 1.32. The SMILES string of the molecule is CCN(CC)CCn1nc2c3c(c([N+](=O)[O-])cc([N+](=O)[O-])c31)Nc1ccc(OCc3ccc(OC)cc3)cc1-2. The predicted molar refractivity (Wildman–Crippen MR) is 147 cm³/mol. The van der Waals surface area contributed by atoms with Crippen LogP contribution >= 0.6 is 0 Å². The Balaban J connectivity index is 1.60. The topological polar surface area (TPSA) is 138 Å². The third-order valence-electron chi connectivity index (χ3n) is 6.96. The van der Waals surface area contributed by atoms with Gasteiger partial charge in [0.1, 0.15) is 35.0 Å². The summed E-state index contributed by atoms with van der Waals surface area (Å²) in [6, 6.07) is 13.9. The van der Waals surface area contributed by atoms with Crippen LogP contribution in [0.25, 0.3) is 22.2 Å². The molecule has 0 saturated carbocycles. The molecule has 0 radical (unpaired) electrons. The molecule has 1 aliphatic rings. The second kappa shape index (κ2) is 10.6. The first-order chi connectivity index (χ1) is 18.8. The van der Waals surface area contributed by atoms with Crippen molar-refractivity contribution in [2.75, 3.05) is 32.1 Å². The molecule has 0 saturated heterocycles. The largest absolute Gasteiger partial charge is 0.497 e. The average molecular weight is 533 g/mol. The van der Waals surface area contributed by atoms with Crippen molar-refractivity contribution >= 4 is 33.7 Å². The second-order valence-electron chi connectivity index (χ2n) is 9.10. The van der Waals surface area contributed by atoms with Crippen molar-refractivity contribution in [1.29, 1.82) is 0 Å². The maximum Gasteiger partial charge on any atom is 0.302 e. The average Bonchev–Trinajstić information content (AvgIpc) is 3.33. The molecule has 1 aromatic heterocycles. The molecular formula is C27H28N6O6. The van der Waals surface area contributed by atoms with E-state index in [4.69, 9.17) is 14.6 Å². The van der Waals surface area contributed by atoms with Crippen LogP contribution in [-0.2, 0) is 13.2 Å². The Morgan fingerprint density at radius 3 is 2.31 bits per heavy atom. The zero-order chi connectivity index (χ0) is 27.7. The van der Waals surface area contributed by atoms with Gasteiger partial charge in [0.05, 0.1) is 35.0 Å². The quantitative estimate of drug-likeness (QED) is 0.172. The highest BCUT2D eigenvalue weighted by Gasteiger charge is 2.35. The van der Waals surface area contributed by atoms with Gasteiger partial charge in [-0.3, -0.25) is 24.9 Å². The van der Waals surface area contributed by atoms with E-state index in [2.05, 4.69) is 10.2 Å². The van der Waals surface area contributed by atoms with E-state index in [1.807, 2.05) is 38.1 Å². The standard InChI is InChI=1S/C27H28N6O6/c1-4-30(5-2)12-13-31-27-23(33(36)37)15-22(32(34)35)26-24(27)25(29-31)20-14-19(10-11-21(20)28-26)39-16-17-6-8-18(38-3)9-7-17/h6-11,14-15,28H,4-5,12-13,16H2,1-3H3. The maximum absolute atomic E-state index is 12.1. The van der Waals surface area contributed by atoms with Crippen molar-refractivity contribution in [2.45, 2.75) is 27.0 Å². The minimum atomic E-state index is -0.608. The third kappa shape index (κ3) is 4.81. The van der Waals surface area contributed by atoms with E-state index in [0.717, 1.165) is 30.5 Å². The third-order valence-corrected chi connectivity index (χ3v) is 6.96. The molecule has 39 heavy (non-hydrogen) atoms. The number of non-ortho nitro benzene ring substituents is 1. The lowest BCUT2D eigenvalue weighted by Crippen LogP contribution is -2.27. The van der Waals surface area contributed by atoms with Crippen LogP contribution in [0.15, 0.2) is 48.5 Å². The lowest BCUT2D eigenvalue weighted by molar-refractivity contribution is -0.392. The fourth-order valence-corrected chi connectivity index (χ4v) is 4.83. The van der Waals surface area contributed by atoms with Crippen LogP contribution in [0.2, 0.25) is 0 Å². The number of likely N-dealkylation sites (N-methyl/N-ethyl adjacent to an activating group) is 1. The number of nitro benzene ring substituents is 2. The summed E-state index contributed by atoms with van der Waals surface area (Å²) in [4.78, 5) is 25.0. The van der Waals surface area contributed by atoms with Gasteiger partial charge < -0.3 is 19.7 Å². The monoisotopic (exact) mass is 532 g/mol. The van der Waals surface area contributed by atoms with Gasteiger partial charge in [-0.1, -0.05) is 26.0 Å². The first kappa shape index (κ1) is 25.9. The van der Waals surface area contributed by atoms with Crippen LogP contribution < -0.4 is 14.8 Å². The number of nitrogens with one attached hydrogen (secondary N) is 1. The molecule has 1 aliphatic heterocycles. The lowest BCUT2D eigenvalue weighted by atomic mass is 9.98. The van der Waals surface area contributed by atoms with Crippen LogP contribution in [0.3, 0.4) is 0 Å². The smallest absolute Gasteiger partial charge is 0.302 e. The molecule has 0 bridgehead atoms. The number of anilines is 2. The highest BCUT2D eigenvalue weighted by molar-refractivity contribution is 6.14. The summed E-state index contributed by atoms with van der Waals surface area (Å²) in [5.41, 5.74) is 2.37. The molecule has 12 nitrogen and oxygen atoms in total. The molecule has 0 amide bonds. The zero-order valence-electron chi connectivity index (χ0n) is 21.8. The molecule has 1 N–H and O–H groups in total.